The molecule has 98 valence electrons. The maximum absolute atomic E-state index is 4.43. The molecule has 0 aliphatic heterocycles. The highest BCUT2D eigenvalue weighted by molar-refractivity contribution is 7.07. The normalized spacial score (nSPS) is 14.9. The minimum atomic E-state index is 0.0674. The molecule has 2 aromatic carbocycles. The smallest absolute Gasteiger partial charge is 0.0811 e. The first-order valence-corrected chi connectivity index (χ1v) is 7.75. The van der Waals surface area contributed by atoms with E-state index in [-0.39, 0.29) is 5.41 Å². The zero-order chi connectivity index (χ0) is 13.7. The Morgan fingerprint density at radius 2 is 1.75 bits per heavy atom. The lowest BCUT2D eigenvalue weighted by atomic mass is 9.82. The van der Waals surface area contributed by atoms with Crippen LogP contribution in [0.1, 0.15) is 25.0 Å². The molecule has 0 radical (unpaired) electrons. The Morgan fingerprint density at radius 3 is 2.55 bits per heavy atom. The summed E-state index contributed by atoms with van der Waals surface area (Å²) in [6, 6.07) is 15.5. The maximum atomic E-state index is 4.43. The average Bonchev–Trinajstić information content (AvgIpc) is 3.07. The predicted molar refractivity (Wildman–Crippen MR) is 85.1 cm³/mol. The lowest BCUT2D eigenvalue weighted by Gasteiger charge is -2.21. The molecular formula is C18H15NS. The molecule has 1 aliphatic rings. The van der Waals surface area contributed by atoms with Crippen molar-refractivity contribution in [2.45, 2.75) is 19.3 Å². The van der Waals surface area contributed by atoms with E-state index in [0.717, 1.165) is 5.69 Å². The van der Waals surface area contributed by atoms with E-state index in [4.69, 9.17) is 0 Å². The van der Waals surface area contributed by atoms with Gasteiger partial charge >= 0.3 is 0 Å². The van der Waals surface area contributed by atoms with Gasteiger partial charge < -0.3 is 0 Å². The van der Waals surface area contributed by atoms with Crippen LogP contribution in [0.5, 0.6) is 0 Å². The molecular weight excluding hydrogens is 262 g/mol. The molecule has 1 aromatic heterocycles. The molecule has 20 heavy (non-hydrogen) atoms. The molecule has 0 amide bonds. The highest BCUT2D eigenvalue weighted by Gasteiger charge is 2.35. The molecule has 0 atom stereocenters. The summed E-state index contributed by atoms with van der Waals surface area (Å²) < 4.78 is 0. The number of hydrogen-bond donors (Lipinski definition) is 0. The maximum Gasteiger partial charge on any atom is 0.0811 e. The van der Waals surface area contributed by atoms with Crippen LogP contribution in [-0.2, 0) is 5.41 Å². The van der Waals surface area contributed by atoms with Gasteiger partial charge in [-0.1, -0.05) is 50.2 Å². The van der Waals surface area contributed by atoms with Crippen LogP contribution in [0.4, 0.5) is 0 Å². The van der Waals surface area contributed by atoms with E-state index >= 15 is 0 Å². The standard InChI is InChI=1S/C18H15NS/c1-18(2)15-6-4-3-5-13(15)14-8-7-12(9-16(14)18)17-10-20-11-19-17/h3-11H,1-2H3. The van der Waals surface area contributed by atoms with Crippen LogP contribution >= 0.6 is 11.3 Å². The Bertz CT molecular complexity index is 785. The molecule has 0 unspecified atom stereocenters. The summed E-state index contributed by atoms with van der Waals surface area (Å²) in [5, 5.41) is 2.11. The Balaban J connectivity index is 1.97. The van der Waals surface area contributed by atoms with Crippen LogP contribution in [0.2, 0.25) is 0 Å². The van der Waals surface area contributed by atoms with Crippen molar-refractivity contribution in [3.8, 4) is 22.4 Å². The first-order chi connectivity index (χ1) is 9.68. The summed E-state index contributed by atoms with van der Waals surface area (Å²) in [6.45, 7) is 4.62. The summed E-state index contributed by atoms with van der Waals surface area (Å²) >= 11 is 1.64. The van der Waals surface area contributed by atoms with Crippen molar-refractivity contribution in [1.82, 2.24) is 4.98 Å². The lowest BCUT2D eigenvalue weighted by molar-refractivity contribution is 0.660. The van der Waals surface area contributed by atoms with Crippen molar-refractivity contribution >= 4 is 11.3 Å². The van der Waals surface area contributed by atoms with Crippen LogP contribution in [0, 0.1) is 0 Å². The highest BCUT2D eigenvalue weighted by Crippen LogP contribution is 2.49. The van der Waals surface area contributed by atoms with Gasteiger partial charge in [-0.15, -0.1) is 11.3 Å². The van der Waals surface area contributed by atoms with Gasteiger partial charge in [-0.25, -0.2) is 4.98 Å². The van der Waals surface area contributed by atoms with Gasteiger partial charge in [-0.2, -0.15) is 0 Å². The number of hydrogen-bond acceptors (Lipinski definition) is 2. The van der Waals surface area contributed by atoms with Crippen molar-refractivity contribution in [1.29, 1.82) is 0 Å². The van der Waals surface area contributed by atoms with E-state index < -0.39 is 0 Å². The first-order valence-electron chi connectivity index (χ1n) is 6.81. The highest BCUT2D eigenvalue weighted by atomic mass is 32.1. The number of fused-ring (bicyclic) bond motifs is 3. The molecule has 1 nitrogen and oxygen atoms in total. The van der Waals surface area contributed by atoms with Gasteiger partial charge in [0.1, 0.15) is 0 Å². The Hall–Kier alpha value is -1.93. The molecule has 0 bridgehead atoms. The van der Waals surface area contributed by atoms with Crippen LogP contribution in [0.15, 0.2) is 53.4 Å². The van der Waals surface area contributed by atoms with Gasteiger partial charge in [0.15, 0.2) is 0 Å². The second-order valence-corrected chi connectivity index (χ2v) is 6.52. The average molecular weight is 277 g/mol. The Labute approximate surface area is 122 Å². The third-order valence-corrected chi connectivity index (χ3v) is 4.90. The topological polar surface area (TPSA) is 12.9 Å². The molecule has 3 aromatic rings. The van der Waals surface area contributed by atoms with Gasteiger partial charge in [0, 0.05) is 16.4 Å². The molecule has 2 heteroatoms. The third-order valence-electron chi connectivity index (χ3n) is 4.31. The molecule has 0 saturated carbocycles. The van der Waals surface area contributed by atoms with Crippen LogP contribution in [0.3, 0.4) is 0 Å². The number of aromatic nitrogens is 1. The van der Waals surface area contributed by atoms with Crippen molar-refractivity contribution in [2.75, 3.05) is 0 Å². The quantitative estimate of drug-likeness (QED) is 0.602. The largest absolute Gasteiger partial charge is 0.245 e. The molecule has 0 N–H and O–H groups in total. The monoisotopic (exact) mass is 277 g/mol. The van der Waals surface area contributed by atoms with Crippen molar-refractivity contribution in [3.05, 3.63) is 64.5 Å². The Kier molecular flexibility index (Phi) is 2.39. The van der Waals surface area contributed by atoms with Crippen molar-refractivity contribution in [3.63, 3.8) is 0 Å². The number of rotatable bonds is 1. The molecule has 1 heterocycles. The molecule has 1 aliphatic carbocycles. The van der Waals surface area contributed by atoms with Gasteiger partial charge in [-0.3, -0.25) is 0 Å². The molecule has 0 spiro atoms. The minimum Gasteiger partial charge on any atom is -0.245 e. The second kappa shape index (κ2) is 4.03. The summed E-state index contributed by atoms with van der Waals surface area (Å²) in [6.07, 6.45) is 0. The second-order valence-electron chi connectivity index (χ2n) is 5.80. The van der Waals surface area contributed by atoms with Gasteiger partial charge in [0.05, 0.1) is 11.2 Å². The van der Waals surface area contributed by atoms with Crippen LogP contribution < -0.4 is 0 Å². The first kappa shape index (κ1) is 11.9. The zero-order valence-electron chi connectivity index (χ0n) is 11.6. The fraction of sp³-hybridized carbons (Fsp3) is 0.167. The fourth-order valence-corrected chi connectivity index (χ4v) is 3.78. The summed E-state index contributed by atoms with van der Waals surface area (Å²) in [5.74, 6) is 0. The fourth-order valence-electron chi connectivity index (χ4n) is 3.22. The van der Waals surface area contributed by atoms with Gasteiger partial charge in [0.25, 0.3) is 0 Å². The summed E-state index contributed by atoms with van der Waals surface area (Å²) in [5.41, 5.74) is 9.81. The minimum absolute atomic E-state index is 0.0674. The zero-order valence-corrected chi connectivity index (χ0v) is 12.4. The lowest BCUT2D eigenvalue weighted by Crippen LogP contribution is -2.14. The third kappa shape index (κ3) is 1.52. The van der Waals surface area contributed by atoms with Gasteiger partial charge in [-0.05, 0) is 28.3 Å². The molecule has 4 rings (SSSR count). The van der Waals surface area contributed by atoms with E-state index in [0.29, 0.717) is 0 Å². The summed E-state index contributed by atoms with van der Waals surface area (Å²) in [7, 11) is 0. The van der Waals surface area contributed by atoms with Gasteiger partial charge in [0.2, 0.25) is 0 Å². The summed E-state index contributed by atoms with van der Waals surface area (Å²) in [4.78, 5) is 4.43. The number of benzene rings is 2. The van der Waals surface area contributed by atoms with Crippen LogP contribution in [0.25, 0.3) is 22.4 Å². The predicted octanol–water partition coefficient (Wildman–Crippen LogP) is 5.12. The van der Waals surface area contributed by atoms with E-state index in [1.165, 1.54) is 27.8 Å². The SMILES string of the molecule is CC1(C)c2ccccc2-c2ccc(-c3cscn3)cc21. The van der Waals surface area contributed by atoms with Crippen molar-refractivity contribution in [2.24, 2.45) is 0 Å². The van der Waals surface area contributed by atoms with E-state index in [9.17, 15) is 0 Å². The number of nitrogens with zero attached hydrogens (tertiary/aromatic N) is 1. The Morgan fingerprint density at radius 1 is 0.950 bits per heavy atom. The number of thiazole rings is 1. The van der Waals surface area contributed by atoms with Crippen molar-refractivity contribution < 1.29 is 0 Å². The van der Waals surface area contributed by atoms with Crippen LogP contribution in [-0.4, -0.2) is 4.98 Å². The molecule has 0 fully saturated rings. The van der Waals surface area contributed by atoms with E-state index in [1.807, 2.05) is 5.51 Å². The van der Waals surface area contributed by atoms with E-state index in [1.54, 1.807) is 11.3 Å². The van der Waals surface area contributed by atoms with E-state index in [2.05, 4.69) is 66.7 Å². The molecule has 0 saturated heterocycles.